The molecule has 80 valence electrons. The molecule has 0 saturated carbocycles. The summed E-state index contributed by atoms with van der Waals surface area (Å²) in [5.74, 6) is 1.03. The Morgan fingerprint density at radius 1 is 1.19 bits per heavy atom. The van der Waals surface area contributed by atoms with E-state index in [1.807, 2.05) is 24.4 Å². The van der Waals surface area contributed by atoms with Crippen LogP contribution in [0.15, 0.2) is 42.6 Å². The first-order valence-corrected chi connectivity index (χ1v) is 5.37. The maximum atomic E-state index is 4.45. The van der Waals surface area contributed by atoms with Gasteiger partial charge in [0.1, 0.15) is 5.82 Å². The van der Waals surface area contributed by atoms with E-state index in [2.05, 4.69) is 40.4 Å². The van der Waals surface area contributed by atoms with E-state index >= 15 is 0 Å². The Bertz CT molecular complexity index is 475. The topological polar surface area (TPSA) is 28.2 Å². The molecule has 0 atom stereocenters. The molecule has 0 bridgehead atoms. The van der Waals surface area contributed by atoms with Crippen molar-refractivity contribution in [3.05, 3.63) is 48.2 Å². The predicted molar refractivity (Wildman–Crippen MR) is 66.1 cm³/mol. The molecule has 1 aliphatic heterocycles. The van der Waals surface area contributed by atoms with Crippen LogP contribution in [0.25, 0.3) is 0 Å². The summed E-state index contributed by atoms with van der Waals surface area (Å²) in [5.41, 5.74) is 3.55. The monoisotopic (exact) mass is 211 g/mol. The molecule has 0 saturated heterocycles. The van der Waals surface area contributed by atoms with E-state index < -0.39 is 0 Å². The number of hydrogen-bond donors (Lipinski definition) is 1. The predicted octanol–water partition coefficient (Wildman–Crippen LogP) is 2.78. The first-order chi connectivity index (χ1) is 7.86. The second-order valence-corrected chi connectivity index (χ2v) is 3.92. The molecule has 2 heterocycles. The van der Waals surface area contributed by atoms with E-state index in [-0.39, 0.29) is 0 Å². The molecule has 1 aliphatic rings. The molecule has 0 spiro atoms. The highest BCUT2D eigenvalue weighted by atomic mass is 15.2. The fourth-order valence-corrected chi connectivity index (χ4v) is 2.09. The molecule has 0 fully saturated rings. The number of anilines is 3. The number of rotatable bonds is 0. The van der Waals surface area contributed by atoms with Crippen LogP contribution in [-0.2, 0) is 6.54 Å². The molecule has 16 heavy (non-hydrogen) atoms. The Morgan fingerprint density at radius 3 is 3.00 bits per heavy atom. The van der Waals surface area contributed by atoms with Crippen LogP contribution in [0.2, 0.25) is 0 Å². The summed E-state index contributed by atoms with van der Waals surface area (Å²) in [7, 11) is 2.05. The lowest BCUT2D eigenvalue weighted by atomic mass is 10.2. The standard InChI is InChI=1S/C13H13N3/c1-16-12-7-3-2-6-11(12)15-9-10-5-4-8-14-13(10)16/h2-8,15H,9H2,1H3. The number of aromatic nitrogens is 1. The maximum Gasteiger partial charge on any atom is 0.137 e. The number of benzene rings is 1. The lowest BCUT2D eigenvalue weighted by Gasteiger charge is -2.19. The average molecular weight is 211 g/mol. The zero-order valence-corrected chi connectivity index (χ0v) is 9.14. The molecule has 1 aromatic carbocycles. The number of nitrogens with one attached hydrogen (secondary N) is 1. The van der Waals surface area contributed by atoms with E-state index in [1.54, 1.807) is 0 Å². The third kappa shape index (κ3) is 1.33. The Balaban J connectivity index is 2.18. The Labute approximate surface area is 94.7 Å². The van der Waals surface area contributed by atoms with Crippen molar-refractivity contribution in [2.75, 3.05) is 17.3 Å². The molecule has 1 N–H and O–H groups in total. The summed E-state index contributed by atoms with van der Waals surface area (Å²) in [5, 5.41) is 3.43. The van der Waals surface area contributed by atoms with E-state index in [1.165, 1.54) is 11.3 Å². The Hall–Kier alpha value is -2.03. The zero-order chi connectivity index (χ0) is 11.0. The molecular weight excluding hydrogens is 198 g/mol. The molecule has 3 nitrogen and oxygen atoms in total. The van der Waals surface area contributed by atoms with Crippen LogP contribution in [0.4, 0.5) is 17.2 Å². The number of fused-ring (bicyclic) bond motifs is 2. The van der Waals surface area contributed by atoms with Crippen molar-refractivity contribution in [1.29, 1.82) is 0 Å². The van der Waals surface area contributed by atoms with Gasteiger partial charge in [-0.3, -0.25) is 0 Å². The molecular formula is C13H13N3. The second-order valence-electron chi connectivity index (χ2n) is 3.92. The lowest BCUT2D eigenvalue weighted by Crippen LogP contribution is -2.11. The van der Waals surface area contributed by atoms with Crippen LogP contribution in [-0.4, -0.2) is 12.0 Å². The zero-order valence-electron chi connectivity index (χ0n) is 9.14. The van der Waals surface area contributed by atoms with E-state index in [0.29, 0.717) is 0 Å². The fourth-order valence-electron chi connectivity index (χ4n) is 2.09. The van der Waals surface area contributed by atoms with Crippen molar-refractivity contribution in [2.24, 2.45) is 0 Å². The summed E-state index contributed by atoms with van der Waals surface area (Å²) in [4.78, 5) is 6.57. The van der Waals surface area contributed by atoms with Crippen LogP contribution < -0.4 is 10.2 Å². The molecule has 1 aromatic heterocycles. The van der Waals surface area contributed by atoms with Crippen LogP contribution in [0.5, 0.6) is 0 Å². The Morgan fingerprint density at radius 2 is 2.06 bits per heavy atom. The third-order valence-electron chi connectivity index (χ3n) is 2.92. The minimum absolute atomic E-state index is 0.824. The van der Waals surface area contributed by atoms with Gasteiger partial charge in [-0.25, -0.2) is 4.98 Å². The number of hydrogen-bond acceptors (Lipinski definition) is 3. The van der Waals surface area contributed by atoms with Crippen LogP contribution in [0.3, 0.4) is 0 Å². The average Bonchev–Trinajstić information content (AvgIpc) is 2.49. The summed E-state index contributed by atoms with van der Waals surface area (Å²) in [6, 6.07) is 12.4. The third-order valence-corrected chi connectivity index (χ3v) is 2.92. The van der Waals surface area contributed by atoms with E-state index in [9.17, 15) is 0 Å². The van der Waals surface area contributed by atoms with Crippen molar-refractivity contribution in [3.63, 3.8) is 0 Å². The van der Waals surface area contributed by atoms with Crippen molar-refractivity contribution in [2.45, 2.75) is 6.54 Å². The highest BCUT2D eigenvalue weighted by molar-refractivity contribution is 5.77. The fraction of sp³-hybridized carbons (Fsp3) is 0.154. The van der Waals surface area contributed by atoms with Gasteiger partial charge in [-0.1, -0.05) is 18.2 Å². The number of para-hydroxylation sites is 2. The van der Waals surface area contributed by atoms with Crippen molar-refractivity contribution < 1.29 is 0 Å². The number of pyridine rings is 1. The molecule has 3 rings (SSSR count). The lowest BCUT2D eigenvalue weighted by molar-refractivity contribution is 1.08. The summed E-state index contributed by atoms with van der Waals surface area (Å²) in [6.45, 7) is 0.824. The summed E-state index contributed by atoms with van der Waals surface area (Å²) in [6.07, 6.45) is 1.84. The smallest absolute Gasteiger partial charge is 0.137 e. The van der Waals surface area contributed by atoms with Crippen LogP contribution in [0.1, 0.15) is 5.56 Å². The van der Waals surface area contributed by atoms with Gasteiger partial charge in [-0.15, -0.1) is 0 Å². The molecule has 3 heteroatoms. The van der Waals surface area contributed by atoms with Gasteiger partial charge in [0.2, 0.25) is 0 Å². The largest absolute Gasteiger partial charge is 0.379 e. The van der Waals surface area contributed by atoms with Gasteiger partial charge in [0, 0.05) is 25.4 Å². The quantitative estimate of drug-likeness (QED) is 0.726. The molecule has 2 aromatic rings. The van der Waals surface area contributed by atoms with E-state index in [0.717, 1.165) is 18.1 Å². The molecule has 0 aliphatic carbocycles. The van der Waals surface area contributed by atoms with Crippen molar-refractivity contribution in [3.8, 4) is 0 Å². The highest BCUT2D eigenvalue weighted by Crippen LogP contribution is 2.34. The highest BCUT2D eigenvalue weighted by Gasteiger charge is 2.16. The summed E-state index contributed by atoms with van der Waals surface area (Å²) >= 11 is 0. The van der Waals surface area contributed by atoms with Crippen LogP contribution >= 0.6 is 0 Å². The van der Waals surface area contributed by atoms with Gasteiger partial charge in [-0.05, 0) is 18.2 Å². The van der Waals surface area contributed by atoms with Crippen molar-refractivity contribution in [1.82, 2.24) is 4.98 Å². The normalized spacial score (nSPS) is 13.4. The summed E-state index contributed by atoms with van der Waals surface area (Å²) < 4.78 is 0. The minimum atomic E-state index is 0.824. The number of nitrogens with zero attached hydrogens (tertiary/aromatic N) is 2. The van der Waals surface area contributed by atoms with Gasteiger partial charge in [-0.2, -0.15) is 0 Å². The van der Waals surface area contributed by atoms with Crippen molar-refractivity contribution >= 4 is 17.2 Å². The van der Waals surface area contributed by atoms with E-state index in [4.69, 9.17) is 0 Å². The van der Waals surface area contributed by atoms with Gasteiger partial charge in [0.15, 0.2) is 0 Å². The first kappa shape index (κ1) is 9.21. The maximum absolute atomic E-state index is 4.45. The molecule has 0 unspecified atom stereocenters. The Kier molecular flexibility index (Phi) is 2.03. The van der Waals surface area contributed by atoms with Gasteiger partial charge in [0.25, 0.3) is 0 Å². The minimum Gasteiger partial charge on any atom is -0.379 e. The molecule has 0 radical (unpaired) electrons. The second kappa shape index (κ2) is 3.52. The molecule has 0 amide bonds. The van der Waals surface area contributed by atoms with Gasteiger partial charge >= 0.3 is 0 Å². The SMILES string of the molecule is CN1c2ccccc2NCc2cccnc21. The van der Waals surface area contributed by atoms with Gasteiger partial charge < -0.3 is 10.2 Å². The van der Waals surface area contributed by atoms with Crippen LogP contribution in [0, 0.1) is 0 Å². The first-order valence-electron chi connectivity index (χ1n) is 5.37. The van der Waals surface area contributed by atoms with Gasteiger partial charge in [0.05, 0.1) is 11.4 Å².